The van der Waals surface area contributed by atoms with Crippen LogP contribution in [0, 0.1) is 5.82 Å². The van der Waals surface area contributed by atoms with E-state index in [-0.39, 0.29) is 17.9 Å². The van der Waals surface area contributed by atoms with Crippen LogP contribution < -0.4 is 20.7 Å². The molecule has 160 valence electrons. The molecule has 30 heavy (non-hydrogen) atoms. The Morgan fingerprint density at radius 3 is 2.70 bits per heavy atom. The van der Waals surface area contributed by atoms with Gasteiger partial charge in [-0.3, -0.25) is 0 Å². The third-order valence-electron chi connectivity index (χ3n) is 5.48. The molecule has 4 rings (SSSR count). The normalized spacial score (nSPS) is 21.5. The van der Waals surface area contributed by atoms with Crippen molar-refractivity contribution in [3.8, 4) is 5.75 Å². The van der Waals surface area contributed by atoms with Gasteiger partial charge < -0.3 is 20.7 Å². The van der Waals surface area contributed by atoms with E-state index >= 15 is 0 Å². The number of hydrogen-bond acceptors (Lipinski definition) is 5. The molecule has 9 heteroatoms. The van der Waals surface area contributed by atoms with Crippen LogP contribution in [0.5, 0.6) is 5.75 Å². The van der Waals surface area contributed by atoms with Crippen molar-refractivity contribution < 1.29 is 22.3 Å². The van der Waals surface area contributed by atoms with Crippen LogP contribution in [0.4, 0.5) is 23.4 Å². The molecule has 1 unspecified atom stereocenters. The summed E-state index contributed by atoms with van der Waals surface area (Å²) < 4.78 is 60.3. The number of nitrogens with one attached hydrogen (secondary N) is 1. The summed E-state index contributed by atoms with van der Waals surface area (Å²) in [5, 5.41) is 3.11. The number of pyridine rings is 1. The third-order valence-corrected chi connectivity index (χ3v) is 5.48. The lowest BCUT2D eigenvalue weighted by atomic mass is 9.99. The second-order valence-corrected chi connectivity index (χ2v) is 7.51. The quantitative estimate of drug-likeness (QED) is 0.733. The third kappa shape index (κ3) is 3.81. The Kier molecular flexibility index (Phi) is 5.31. The van der Waals surface area contributed by atoms with Crippen molar-refractivity contribution in [2.75, 3.05) is 25.1 Å². The van der Waals surface area contributed by atoms with Crippen molar-refractivity contribution >= 4 is 11.4 Å². The number of alkyl halides is 3. The van der Waals surface area contributed by atoms with Gasteiger partial charge in [0, 0.05) is 31.8 Å². The predicted molar refractivity (Wildman–Crippen MR) is 105 cm³/mol. The minimum absolute atomic E-state index is 0.105. The van der Waals surface area contributed by atoms with Crippen LogP contribution in [0.2, 0.25) is 0 Å². The first-order chi connectivity index (χ1) is 14.3. The van der Waals surface area contributed by atoms with Crippen LogP contribution in [-0.2, 0) is 6.18 Å². The lowest BCUT2D eigenvalue weighted by molar-refractivity contribution is -0.137. The zero-order chi connectivity index (χ0) is 21.5. The van der Waals surface area contributed by atoms with Gasteiger partial charge in [-0.2, -0.15) is 13.2 Å². The van der Waals surface area contributed by atoms with E-state index in [9.17, 15) is 17.6 Å². The fourth-order valence-corrected chi connectivity index (χ4v) is 3.99. The van der Waals surface area contributed by atoms with Crippen LogP contribution in [0.3, 0.4) is 0 Å². The fourth-order valence-electron chi connectivity index (χ4n) is 3.99. The second kappa shape index (κ2) is 7.79. The molecule has 1 fully saturated rings. The Morgan fingerprint density at radius 1 is 1.23 bits per heavy atom. The van der Waals surface area contributed by atoms with Gasteiger partial charge in [-0.25, -0.2) is 9.37 Å². The monoisotopic (exact) mass is 422 g/mol. The van der Waals surface area contributed by atoms with E-state index in [2.05, 4.69) is 10.3 Å². The van der Waals surface area contributed by atoms with Crippen LogP contribution in [0.1, 0.15) is 35.7 Å². The van der Waals surface area contributed by atoms with Crippen molar-refractivity contribution in [3.63, 3.8) is 0 Å². The largest absolute Gasteiger partial charge is 0.496 e. The van der Waals surface area contributed by atoms with E-state index in [1.165, 1.54) is 19.2 Å². The van der Waals surface area contributed by atoms with Gasteiger partial charge in [-0.15, -0.1) is 0 Å². The molecule has 2 atom stereocenters. The van der Waals surface area contributed by atoms with Gasteiger partial charge in [0.1, 0.15) is 17.4 Å². The van der Waals surface area contributed by atoms with E-state index in [1.807, 2.05) is 0 Å². The van der Waals surface area contributed by atoms with Crippen molar-refractivity contribution in [2.24, 2.45) is 5.73 Å². The molecule has 0 saturated carbocycles. The molecule has 0 aliphatic carbocycles. The average Bonchev–Trinajstić information content (AvgIpc) is 3.36. The number of methoxy groups -OCH3 is 1. The molecular weight excluding hydrogens is 400 g/mol. The minimum Gasteiger partial charge on any atom is -0.496 e. The molecule has 1 aromatic carbocycles. The topological polar surface area (TPSA) is 63.4 Å². The molecular formula is C21H22F4N4O. The molecule has 1 saturated heterocycles. The number of hydrogen-bond donors (Lipinski definition) is 2. The summed E-state index contributed by atoms with van der Waals surface area (Å²) in [6.45, 7) is 0.752. The zero-order valence-corrected chi connectivity index (χ0v) is 16.3. The number of rotatable bonds is 4. The molecule has 2 aliphatic heterocycles. The molecule has 3 heterocycles. The van der Waals surface area contributed by atoms with Gasteiger partial charge in [0.05, 0.1) is 30.0 Å². The summed E-state index contributed by atoms with van der Waals surface area (Å²) >= 11 is 0. The molecule has 5 nitrogen and oxygen atoms in total. The molecule has 0 spiro atoms. The molecule has 2 aromatic rings. The Hall–Kier alpha value is -2.81. The van der Waals surface area contributed by atoms with E-state index < -0.39 is 17.6 Å². The first kappa shape index (κ1) is 20.5. The van der Waals surface area contributed by atoms with Gasteiger partial charge >= 0.3 is 6.18 Å². The minimum atomic E-state index is -4.51. The molecule has 0 radical (unpaired) electrons. The van der Waals surface area contributed by atoms with E-state index in [0.717, 1.165) is 6.07 Å². The summed E-state index contributed by atoms with van der Waals surface area (Å²) in [6, 6.07) is 6.45. The fraction of sp³-hybridized carbons (Fsp3) is 0.381. The van der Waals surface area contributed by atoms with E-state index in [0.29, 0.717) is 48.5 Å². The van der Waals surface area contributed by atoms with Crippen molar-refractivity contribution in [3.05, 3.63) is 59.2 Å². The average molecular weight is 422 g/mol. The van der Waals surface area contributed by atoms with E-state index in [4.69, 9.17) is 10.5 Å². The number of nitrogens with two attached hydrogens (primary N) is 1. The Balaban J connectivity index is 1.63. The summed E-state index contributed by atoms with van der Waals surface area (Å²) in [5.41, 5.74) is 6.58. The molecule has 0 amide bonds. The molecule has 3 N–H and O–H groups in total. The van der Waals surface area contributed by atoms with Crippen LogP contribution in [0.15, 0.2) is 36.5 Å². The van der Waals surface area contributed by atoms with Gasteiger partial charge in [0.2, 0.25) is 0 Å². The number of halogens is 4. The molecule has 0 bridgehead atoms. The lowest BCUT2D eigenvalue weighted by Gasteiger charge is -2.23. The Morgan fingerprint density at radius 2 is 2.03 bits per heavy atom. The highest BCUT2D eigenvalue weighted by molar-refractivity contribution is 5.73. The van der Waals surface area contributed by atoms with Crippen LogP contribution in [0.25, 0.3) is 5.57 Å². The first-order valence-corrected chi connectivity index (χ1v) is 9.64. The summed E-state index contributed by atoms with van der Waals surface area (Å²) in [4.78, 5) is 5.94. The highest BCUT2D eigenvalue weighted by Gasteiger charge is 2.38. The SMILES string of the molecule is COc1cccc(F)c1C1=CNC(c2ccc(C(F)(F)F)c(N3CC[C@@H](N)C3)n2)C1. The Bertz CT molecular complexity index is 976. The van der Waals surface area contributed by atoms with Crippen LogP contribution >= 0.6 is 0 Å². The first-order valence-electron chi connectivity index (χ1n) is 9.64. The number of benzene rings is 1. The van der Waals surface area contributed by atoms with Crippen LogP contribution in [-0.4, -0.2) is 31.2 Å². The predicted octanol–water partition coefficient (Wildman–Crippen LogP) is 3.86. The van der Waals surface area contributed by atoms with Gasteiger partial charge in [0.15, 0.2) is 0 Å². The Labute approximate surface area is 171 Å². The summed E-state index contributed by atoms with van der Waals surface area (Å²) in [7, 11) is 1.46. The lowest BCUT2D eigenvalue weighted by Crippen LogP contribution is -2.29. The standard InChI is InChI=1S/C21H22F4N4O/c1-30-18-4-2-3-15(22)19(18)12-9-17(27-10-12)16-6-5-14(21(23,24)25)20(28-16)29-8-7-13(26)11-29/h2-6,10,13,17,27H,7-9,11,26H2,1H3/t13-,17?/m1/s1. The van der Waals surface area contributed by atoms with E-state index in [1.54, 1.807) is 23.2 Å². The van der Waals surface area contributed by atoms with Gasteiger partial charge in [-0.05, 0) is 36.3 Å². The zero-order valence-electron chi connectivity index (χ0n) is 16.3. The molecule has 1 aromatic heterocycles. The maximum atomic E-state index is 14.4. The van der Waals surface area contributed by atoms with Crippen molar-refractivity contribution in [2.45, 2.75) is 31.1 Å². The van der Waals surface area contributed by atoms with Crippen molar-refractivity contribution in [1.29, 1.82) is 0 Å². The number of anilines is 1. The second-order valence-electron chi connectivity index (χ2n) is 7.51. The summed E-state index contributed by atoms with van der Waals surface area (Å²) in [6.07, 6.45) is -1.87. The molecule has 2 aliphatic rings. The maximum Gasteiger partial charge on any atom is 0.419 e. The number of ether oxygens (including phenoxy) is 1. The highest BCUT2D eigenvalue weighted by Crippen LogP contribution is 2.40. The van der Waals surface area contributed by atoms with Gasteiger partial charge in [-0.1, -0.05) is 6.07 Å². The summed E-state index contributed by atoms with van der Waals surface area (Å²) in [5.74, 6) is -0.127. The number of nitrogens with zero attached hydrogens (tertiary/aromatic N) is 2. The smallest absolute Gasteiger partial charge is 0.419 e. The maximum absolute atomic E-state index is 14.4. The highest BCUT2D eigenvalue weighted by atomic mass is 19.4. The number of aromatic nitrogens is 1. The van der Waals surface area contributed by atoms with Gasteiger partial charge in [0.25, 0.3) is 0 Å². The van der Waals surface area contributed by atoms with Crippen molar-refractivity contribution in [1.82, 2.24) is 10.3 Å².